The van der Waals surface area contributed by atoms with Crippen LogP contribution in [0.1, 0.15) is 124 Å². The van der Waals surface area contributed by atoms with E-state index in [1.54, 1.807) is 13.8 Å². The van der Waals surface area contributed by atoms with Crippen molar-refractivity contribution in [1.29, 1.82) is 0 Å². The maximum atomic E-state index is 10.3. The van der Waals surface area contributed by atoms with Gasteiger partial charge in [0.15, 0.2) is 0 Å². The van der Waals surface area contributed by atoms with E-state index in [-0.39, 0.29) is 27.8 Å². The molecule has 0 radical (unpaired) electrons. The van der Waals surface area contributed by atoms with E-state index in [0.717, 1.165) is 18.9 Å². The molecule has 5 nitrogen and oxygen atoms in total. The predicted octanol–water partition coefficient (Wildman–Crippen LogP) is 6.97. The van der Waals surface area contributed by atoms with Crippen LogP contribution in [0.4, 0.5) is 0 Å². The molecule has 0 heterocycles. The van der Waals surface area contributed by atoms with Crippen molar-refractivity contribution in [3.63, 3.8) is 0 Å². The first-order valence-corrected chi connectivity index (χ1v) is 11.5. The molecule has 6 heteroatoms. The number of rotatable bonds is 17. The molecule has 0 aromatic carbocycles. The molecule has 0 rings (SSSR count). The van der Waals surface area contributed by atoms with Crippen molar-refractivity contribution in [2.24, 2.45) is 0 Å². The Bertz CT molecular complexity index is 357. The fraction of sp³-hybridized carbons (Fsp3) is 0.833. The Morgan fingerprint density at radius 1 is 0.733 bits per heavy atom. The van der Waals surface area contributed by atoms with Crippen LogP contribution in [0.2, 0.25) is 0 Å². The largest absolute Gasteiger partial charge is 0.481 e. The number of aliphatic hydroxyl groups excluding tert-OH is 1. The average Bonchev–Trinajstić information content (AvgIpc) is 2.64. The molecular weight excluding hydrogens is 416 g/mol. The summed E-state index contributed by atoms with van der Waals surface area (Å²) < 4.78 is 0. The van der Waals surface area contributed by atoms with Crippen LogP contribution < -0.4 is 0 Å². The Morgan fingerprint density at radius 3 is 1.17 bits per heavy atom. The van der Waals surface area contributed by atoms with E-state index in [1.807, 2.05) is 0 Å². The van der Waals surface area contributed by atoms with Gasteiger partial charge in [0.1, 0.15) is 0 Å². The molecule has 0 unspecified atom stereocenters. The topological polar surface area (TPSA) is 94.8 Å². The maximum absolute atomic E-state index is 10.3. The van der Waals surface area contributed by atoms with Crippen LogP contribution in [0.3, 0.4) is 0 Å². The van der Waals surface area contributed by atoms with E-state index in [1.165, 1.54) is 83.5 Å². The second kappa shape index (κ2) is 33.0. The van der Waals surface area contributed by atoms with Crippen LogP contribution >= 0.6 is 0 Å². The van der Waals surface area contributed by atoms with Crippen molar-refractivity contribution < 1.29 is 46.6 Å². The Kier molecular flexibility index (Phi) is 40.4. The number of hydrogen-bond acceptors (Lipinski definition) is 3. The Hall–Kier alpha value is -0.646. The number of carboxylic acid groups (broad SMARTS) is 2. The molecule has 30 heavy (non-hydrogen) atoms. The van der Waals surface area contributed by atoms with Gasteiger partial charge in [-0.2, -0.15) is 0 Å². The van der Waals surface area contributed by atoms with Gasteiger partial charge in [0.2, 0.25) is 0 Å². The summed E-state index contributed by atoms with van der Waals surface area (Å²) in [5.41, 5.74) is 0. The summed E-state index contributed by atoms with van der Waals surface area (Å²) >= 11 is 0. The number of hydrogen-bond donors (Lipinski definition) is 3. The normalized spacial score (nSPS) is 9.50. The molecule has 0 bridgehead atoms. The molecular formula is C24H48O5Ti. The van der Waals surface area contributed by atoms with E-state index in [2.05, 4.69) is 13.5 Å². The Morgan fingerprint density at radius 2 is 0.967 bits per heavy atom. The van der Waals surface area contributed by atoms with Gasteiger partial charge in [-0.1, -0.05) is 103 Å². The quantitative estimate of drug-likeness (QED) is 0.123. The molecule has 0 spiro atoms. The summed E-state index contributed by atoms with van der Waals surface area (Å²) in [6.45, 7) is 8.68. The van der Waals surface area contributed by atoms with Crippen LogP contribution in [0.5, 0.6) is 0 Å². The number of aliphatic carboxylic acids is 2. The van der Waals surface area contributed by atoms with Gasteiger partial charge in [-0.3, -0.25) is 4.79 Å². The van der Waals surface area contributed by atoms with E-state index in [4.69, 9.17) is 15.3 Å². The van der Waals surface area contributed by atoms with Crippen molar-refractivity contribution in [2.45, 2.75) is 130 Å². The smallest absolute Gasteiger partial charge is 0.327 e. The molecule has 0 fully saturated rings. The summed E-state index contributed by atoms with van der Waals surface area (Å²) in [5.74, 6) is -1.63. The summed E-state index contributed by atoms with van der Waals surface area (Å²) in [4.78, 5) is 19.6. The molecule has 178 valence electrons. The third-order valence-electron chi connectivity index (χ3n) is 4.17. The fourth-order valence-electron chi connectivity index (χ4n) is 2.65. The number of carbonyl (C=O) groups is 2. The van der Waals surface area contributed by atoms with Crippen molar-refractivity contribution in [1.82, 2.24) is 0 Å². The standard InChI is InChI=1S/C18H36O2.C3H4O2.C3H8O.Ti/c1-2-3-4-5-6-7-8-9-10-11-12-13-14-15-16-17-18(19)20;1-2-3(4)5;1-3(2)4;/h2-17H2,1H3,(H,19,20);2H,1H2,(H,4,5);3-4H,1-2H3;. The van der Waals surface area contributed by atoms with Crippen molar-refractivity contribution in [2.75, 3.05) is 0 Å². The molecule has 0 aromatic heterocycles. The molecule has 0 aliphatic carbocycles. The molecule has 3 N–H and O–H groups in total. The van der Waals surface area contributed by atoms with E-state index in [9.17, 15) is 9.59 Å². The van der Waals surface area contributed by atoms with Crippen molar-refractivity contribution in [3.8, 4) is 0 Å². The first-order valence-electron chi connectivity index (χ1n) is 11.5. The zero-order valence-corrected chi connectivity index (χ0v) is 21.4. The second-order valence-corrected chi connectivity index (χ2v) is 7.73. The molecule has 0 aromatic rings. The minimum Gasteiger partial charge on any atom is -0.481 e. The van der Waals surface area contributed by atoms with E-state index in [0.29, 0.717) is 6.42 Å². The first kappa shape index (κ1) is 36.7. The zero-order chi connectivity index (χ0) is 22.8. The van der Waals surface area contributed by atoms with Gasteiger partial charge in [-0.25, -0.2) is 4.79 Å². The summed E-state index contributed by atoms with van der Waals surface area (Å²) in [5, 5.41) is 24.2. The van der Waals surface area contributed by atoms with Gasteiger partial charge in [-0.15, -0.1) is 0 Å². The number of unbranched alkanes of at least 4 members (excludes halogenated alkanes) is 14. The fourth-order valence-corrected chi connectivity index (χ4v) is 2.65. The number of carboxylic acids is 2. The third-order valence-corrected chi connectivity index (χ3v) is 4.17. The minimum atomic E-state index is -0.981. The van der Waals surface area contributed by atoms with Crippen LogP contribution in [0.25, 0.3) is 0 Å². The summed E-state index contributed by atoms with van der Waals surface area (Å²) in [6.07, 6.45) is 20.9. The van der Waals surface area contributed by atoms with Gasteiger partial charge >= 0.3 is 11.9 Å². The molecule has 0 saturated heterocycles. The number of aliphatic hydroxyl groups is 1. The molecule has 0 amide bonds. The van der Waals surface area contributed by atoms with Gasteiger partial charge in [0.05, 0.1) is 0 Å². The molecule has 0 aliphatic rings. The predicted molar refractivity (Wildman–Crippen MR) is 122 cm³/mol. The SMILES string of the molecule is C=CC(=O)O.CC(C)O.CCCCCCCCCCCCCCCCCC(=O)O.[Ti]. The van der Waals surface area contributed by atoms with Crippen LogP contribution in [0.15, 0.2) is 12.7 Å². The first-order chi connectivity index (χ1) is 13.8. The molecule has 0 atom stereocenters. The van der Waals surface area contributed by atoms with Gasteiger partial charge in [0.25, 0.3) is 0 Å². The Labute approximate surface area is 200 Å². The van der Waals surface area contributed by atoms with Gasteiger partial charge in [-0.05, 0) is 20.3 Å². The van der Waals surface area contributed by atoms with Crippen molar-refractivity contribution >= 4 is 11.9 Å². The van der Waals surface area contributed by atoms with E-state index < -0.39 is 11.9 Å². The van der Waals surface area contributed by atoms with E-state index >= 15 is 0 Å². The molecule has 0 saturated carbocycles. The zero-order valence-electron chi connectivity index (χ0n) is 19.8. The van der Waals surface area contributed by atoms with Crippen LogP contribution in [-0.2, 0) is 31.3 Å². The van der Waals surface area contributed by atoms with Gasteiger partial charge < -0.3 is 15.3 Å². The van der Waals surface area contributed by atoms with Crippen LogP contribution in [0, 0.1) is 0 Å². The minimum absolute atomic E-state index is 0. The monoisotopic (exact) mass is 464 g/mol. The van der Waals surface area contributed by atoms with Crippen molar-refractivity contribution in [3.05, 3.63) is 12.7 Å². The summed E-state index contributed by atoms with van der Waals surface area (Å²) in [6, 6.07) is 0. The second-order valence-electron chi connectivity index (χ2n) is 7.73. The Balaban J connectivity index is -0.000000283. The molecule has 0 aliphatic heterocycles. The van der Waals surface area contributed by atoms with Crippen LogP contribution in [-0.4, -0.2) is 33.4 Å². The third kappa shape index (κ3) is 56.4. The average molecular weight is 465 g/mol. The maximum Gasteiger partial charge on any atom is 0.327 e. The summed E-state index contributed by atoms with van der Waals surface area (Å²) in [7, 11) is 0. The van der Waals surface area contributed by atoms with Gasteiger partial charge in [0, 0.05) is 40.3 Å².